The molecule has 1 saturated heterocycles. The van der Waals surface area contributed by atoms with Crippen LogP contribution in [0.3, 0.4) is 0 Å². The van der Waals surface area contributed by atoms with Gasteiger partial charge in [0.05, 0.1) is 0 Å². The summed E-state index contributed by atoms with van der Waals surface area (Å²) in [6.45, 7) is 3.69. The Morgan fingerprint density at radius 2 is 2.12 bits per heavy atom. The van der Waals surface area contributed by atoms with E-state index in [2.05, 4.69) is 47.6 Å². The minimum atomic E-state index is 0.774. The van der Waals surface area contributed by atoms with E-state index in [1.807, 2.05) is 0 Å². The Hall–Kier alpha value is -0.860. The van der Waals surface area contributed by atoms with E-state index in [-0.39, 0.29) is 0 Å². The van der Waals surface area contributed by atoms with Crippen molar-refractivity contribution in [2.75, 3.05) is 26.7 Å². The first kappa shape index (κ1) is 12.6. The van der Waals surface area contributed by atoms with Gasteiger partial charge >= 0.3 is 0 Å². The van der Waals surface area contributed by atoms with Gasteiger partial charge in [-0.25, -0.2) is 0 Å². The van der Waals surface area contributed by atoms with Gasteiger partial charge in [-0.15, -0.1) is 0 Å². The summed E-state index contributed by atoms with van der Waals surface area (Å²) in [5.74, 6) is 0. The number of likely N-dealkylation sites (N-methyl/N-ethyl adjacent to an activating group) is 1. The molecule has 17 heavy (non-hydrogen) atoms. The molecule has 1 N–H and O–H groups in total. The summed E-state index contributed by atoms with van der Waals surface area (Å²) in [4.78, 5) is 2.65. The molecule has 1 fully saturated rings. The zero-order chi connectivity index (χ0) is 11.9. The second-order valence-electron chi connectivity index (χ2n) is 4.98. The van der Waals surface area contributed by atoms with Crippen LogP contribution in [0.5, 0.6) is 0 Å². The lowest BCUT2D eigenvalue weighted by molar-refractivity contribution is 0.248. The Balaban J connectivity index is 1.71. The van der Waals surface area contributed by atoms with E-state index < -0.39 is 0 Å². The third kappa shape index (κ3) is 3.83. The van der Waals surface area contributed by atoms with Crippen LogP contribution in [-0.2, 0) is 6.42 Å². The van der Waals surface area contributed by atoms with Crippen LogP contribution < -0.4 is 5.32 Å². The van der Waals surface area contributed by atoms with Gasteiger partial charge in [-0.2, -0.15) is 0 Å². The van der Waals surface area contributed by atoms with Gasteiger partial charge < -0.3 is 5.32 Å². The largest absolute Gasteiger partial charge is 0.318 e. The smallest absolute Gasteiger partial charge is 0.0220 e. The molecule has 1 atom stereocenters. The zero-order valence-electron chi connectivity index (χ0n) is 10.9. The van der Waals surface area contributed by atoms with E-state index in [0.29, 0.717) is 0 Å². The van der Waals surface area contributed by atoms with Gasteiger partial charge in [-0.3, -0.25) is 4.90 Å². The fourth-order valence-corrected chi connectivity index (χ4v) is 2.79. The van der Waals surface area contributed by atoms with E-state index in [0.717, 1.165) is 12.6 Å². The molecule has 0 saturated carbocycles. The number of rotatable bonds is 6. The van der Waals surface area contributed by atoms with Crippen molar-refractivity contribution in [1.82, 2.24) is 10.2 Å². The molecular weight excluding hydrogens is 208 g/mol. The van der Waals surface area contributed by atoms with Gasteiger partial charge in [-0.05, 0) is 51.4 Å². The highest BCUT2D eigenvalue weighted by Crippen LogP contribution is 2.17. The third-order valence-electron chi connectivity index (χ3n) is 3.69. The molecular formula is C15H24N2. The number of nitrogens with one attached hydrogen (secondary N) is 1. The van der Waals surface area contributed by atoms with Crippen LogP contribution in [0.1, 0.15) is 24.8 Å². The molecule has 2 rings (SSSR count). The molecule has 1 aromatic rings. The summed E-state index contributed by atoms with van der Waals surface area (Å²) in [5.41, 5.74) is 1.47. The molecule has 1 heterocycles. The SMILES string of the molecule is CNCC1CCCN1CCCc1ccccc1. The maximum absolute atomic E-state index is 3.31. The summed E-state index contributed by atoms with van der Waals surface area (Å²) in [6.07, 6.45) is 5.23. The summed E-state index contributed by atoms with van der Waals surface area (Å²) >= 11 is 0. The average Bonchev–Trinajstić information content (AvgIpc) is 2.79. The van der Waals surface area contributed by atoms with E-state index in [9.17, 15) is 0 Å². The van der Waals surface area contributed by atoms with Crippen molar-refractivity contribution in [3.05, 3.63) is 35.9 Å². The Bertz CT molecular complexity index is 310. The monoisotopic (exact) mass is 232 g/mol. The van der Waals surface area contributed by atoms with Crippen molar-refractivity contribution in [3.63, 3.8) is 0 Å². The maximum atomic E-state index is 3.31. The van der Waals surface area contributed by atoms with Gasteiger partial charge in [0, 0.05) is 12.6 Å². The topological polar surface area (TPSA) is 15.3 Å². The van der Waals surface area contributed by atoms with E-state index in [1.165, 1.54) is 44.3 Å². The summed E-state index contributed by atoms with van der Waals surface area (Å²) in [5, 5.41) is 3.31. The first-order valence-electron chi connectivity index (χ1n) is 6.82. The van der Waals surface area contributed by atoms with E-state index in [1.54, 1.807) is 0 Å². The molecule has 2 heteroatoms. The highest BCUT2D eigenvalue weighted by Gasteiger charge is 2.22. The number of nitrogens with zero attached hydrogens (tertiary/aromatic N) is 1. The number of hydrogen-bond acceptors (Lipinski definition) is 2. The number of likely N-dealkylation sites (tertiary alicyclic amines) is 1. The molecule has 94 valence electrons. The molecule has 1 unspecified atom stereocenters. The fourth-order valence-electron chi connectivity index (χ4n) is 2.79. The first-order chi connectivity index (χ1) is 8.40. The zero-order valence-corrected chi connectivity index (χ0v) is 10.9. The lowest BCUT2D eigenvalue weighted by Crippen LogP contribution is -2.37. The second-order valence-corrected chi connectivity index (χ2v) is 4.98. The van der Waals surface area contributed by atoms with Gasteiger partial charge in [-0.1, -0.05) is 30.3 Å². The standard InChI is InChI=1S/C15H24N2/c1-16-13-15-10-6-12-17(15)11-5-9-14-7-3-2-4-8-14/h2-4,7-8,15-16H,5-6,9-13H2,1H3. The maximum Gasteiger partial charge on any atom is 0.0220 e. The molecule has 0 bridgehead atoms. The normalized spacial score (nSPS) is 20.9. The van der Waals surface area contributed by atoms with Crippen LogP contribution in [0.2, 0.25) is 0 Å². The molecule has 1 aliphatic heterocycles. The molecule has 0 amide bonds. The third-order valence-corrected chi connectivity index (χ3v) is 3.69. The molecule has 0 aromatic heterocycles. The lowest BCUT2D eigenvalue weighted by Gasteiger charge is -2.24. The Kier molecular flexibility index (Phi) is 5.02. The molecule has 0 spiro atoms. The summed E-state index contributed by atoms with van der Waals surface area (Å²) in [6, 6.07) is 11.6. The molecule has 0 radical (unpaired) electrons. The molecule has 1 aliphatic rings. The quantitative estimate of drug-likeness (QED) is 0.809. The second kappa shape index (κ2) is 6.77. The number of benzene rings is 1. The number of aryl methyl sites for hydroxylation is 1. The number of hydrogen-bond donors (Lipinski definition) is 1. The van der Waals surface area contributed by atoms with Crippen LogP contribution in [0, 0.1) is 0 Å². The summed E-state index contributed by atoms with van der Waals surface area (Å²) in [7, 11) is 2.06. The molecule has 0 aliphatic carbocycles. The van der Waals surface area contributed by atoms with Gasteiger partial charge in [0.25, 0.3) is 0 Å². The van der Waals surface area contributed by atoms with Crippen LogP contribution in [-0.4, -0.2) is 37.6 Å². The lowest BCUT2D eigenvalue weighted by atomic mass is 10.1. The highest BCUT2D eigenvalue weighted by molar-refractivity contribution is 5.14. The summed E-state index contributed by atoms with van der Waals surface area (Å²) < 4.78 is 0. The van der Waals surface area contributed by atoms with Crippen molar-refractivity contribution in [3.8, 4) is 0 Å². The molecule has 1 aromatic carbocycles. The van der Waals surface area contributed by atoms with Crippen LogP contribution >= 0.6 is 0 Å². The van der Waals surface area contributed by atoms with Crippen molar-refractivity contribution in [1.29, 1.82) is 0 Å². The predicted octanol–water partition coefficient (Wildman–Crippen LogP) is 2.30. The van der Waals surface area contributed by atoms with Crippen LogP contribution in [0.15, 0.2) is 30.3 Å². The molecule has 2 nitrogen and oxygen atoms in total. The van der Waals surface area contributed by atoms with Gasteiger partial charge in [0.15, 0.2) is 0 Å². The van der Waals surface area contributed by atoms with Crippen molar-refractivity contribution in [2.24, 2.45) is 0 Å². The van der Waals surface area contributed by atoms with E-state index in [4.69, 9.17) is 0 Å². The highest BCUT2D eigenvalue weighted by atomic mass is 15.2. The Morgan fingerprint density at radius 1 is 1.29 bits per heavy atom. The van der Waals surface area contributed by atoms with Gasteiger partial charge in [0.1, 0.15) is 0 Å². The van der Waals surface area contributed by atoms with Gasteiger partial charge in [0.2, 0.25) is 0 Å². The van der Waals surface area contributed by atoms with E-state index >= 15 is 0 Å². The van der Waals surface area contributed by atoms with Crippen LogP contribution in [0.4, 0.5) is 0 Å². The van der Waals surface area contributed by atoms with Crippen LogP contribution in [0.25, 0.3) is 0 Å². The minimum Gasteiger partial charge on any atom is -0.318 e. The predicted molar refractivity (Wildman–Crippen MR) is 73.3 cm³/mol. The fraction of sp³-hybridized carbons (Fsp3) is 0.600. The average molecular weight is 232 g/mol. The Labute approximate surface area is 105 Å². The Morgan fingerprint density at radius 3 is 2.88 bits per heavy atom. The van der Waals surface area contributed by atoms with Crippen molar-refractivity contribution in [2.45, 2.75) is 31.7 Å². The minimum absolute atomic E-state index is 0.774. The van der Waals surface area contributed by atoms with Crippen molar-refractivity contribution < 1.29 is 0 Å². The first-order valence-corrected chi connectivity index (χ1v) is 6.82. The van der Waals surface area contributed by atoms with Crippen molar-refractivity contribution >= 4 is 0 Å².